The second kappa shape index (κ2) is 7.35. The molecule has 0 aliphatic rings. The summed E-state index contributed by atoms with van der Waals surface area (Å²) < 4.78 is 4.11. The molecule has 128 valence electrons. The van der Waals surface area contributed by atoms with Crippen LogP contribution in [0.2, 0.25) is 0 Å². The van der Waals surface area contributed by atoms with Crippen molar-refractivity contribution in [3.8, 4) is 0 Å². The zero-order chi connectivity index (χ0) is 17.8. The van der Waals surface area contributed by atoms with Gasteiger partial charge in [-0.2, -0.15) is 5.10 Å². The van der Waals surface area contributed by atoms with Gasteiger partial charge in [0.15, 0.2) is 0 Å². The van der Waals surface area contributed by atoms with Gasteiger partial charge in [0.25, 0.3) is 11.8 Å². The zero-order valence-corrected chi connectivity index (χ0v) is 15.0. The minimum atomic E-state index is -0.430. The molecule has 0 spiro atoms. The molecule has 3 aromatic rings. The number of carbonyl (C=O) groups excluding carboxylic acids is 2. The van der Waals surface area contributed by atoms with Gasteiger partial charge >= 0.3 is 0 Å². The van der Waals surface area contributed by atoms with Crippen molar-refractivity contribution in [1.29, 1.82) is 0 Å². The van der Waals surface area contributed by atoms with Crippen molar-refractivity contribution in [3.63, 3.8) is 0 Å². The number of hydrazine groups is 1. The third-order valence-corrected chi connectivity index (χ3v) is 4.01. The lowest BCUT2D eigenvalue weighted by Crippen LogP contribution is -2.42. The summed E-state index contributed by atoms with van der Waals surface area (Å²) >= 11 is 3.30. The second-order valence-corrected chi connectivity index (χ2v) is 6.39. The Morgan fingerprint density at radius 2 is 1.84 bits per heavy atom. The molecule has 2 N–H and O–H groups in total. The van der Waals surface area contributed by atoms with E-state index in [2.05, 4.69) is 31.9 Å². The van der Waals surface area contributed by atoms with E-state index in [0.29, 0.717) is 17.8 Å². The van der Waals surface area contributed by atoms with Crippen molar-refractivity contribution < 1.29 is 9.59 Å². The van der Waals surface area contributed by atoms with Gasteiger partial charge in [-0.1, -0.05) is 30.3 Å². The summed E-state index contributed by atoms with van der Waals surface area (Å²) in [5, 5.41) is 4.17. The van der Waals surface area contributed by atoms with Crippen LogP contribution in [0.5, 0.6) is 0 Å². The number of rotatable bonds is 4. The van der Waals surface area contributed by atoms with E-state index in [1.54, 1.807) is 34.8 Å². The van der Waals surface area contributed by atoms with Gasteiger partial charge in [0.1, 0.15) is 5.69 Å². The van der Waals surface area contributed by atoms with Gasteiger partial charge in [-0.3, -0.25) is 25.1 Å². The topological polar surface area (TPSA) is 81.0 Å². The van der Waals surface area contributed by atoms with Crippen LogP contribution < -0.4 is 10.9 Å². The number of hydrogen-bond donors (Lipinski definition) is 2. The number of amides is 2. The molecule has 7 nitrogen and oxygen atoms in total. The van der Waals surface area contributed by atoms with Gasteiger partial charge in [-0.05, 0) is 27.6 Å². The average molecular weight is 402 g/mol. The molecule has 0 saturated carbocycles. The summed E-state index contributed by atoms with van der Waals surface area (Å²) in [6, 6.07) is 11.5. The minimum absolute atomic E-state index is 0.365. The molecule has 0 saturated heterocycles. The maximum Gasteiger partial charge on any atom is 0.286 e. The number of benzene rings is 1. The summed E-state index contributed by atoms with van der Waals surface area (Å²) in [5.41, 5.74) is 6.66. The van der Waals surface area contributed by atoms with E-state index < -0.39 is 11.8 Å². The van der Waals surface area contributed by atoms with Gasteiger partial charge < -0.3 is 4.57 Å². The third kappa shape index (κ3) is 4.16. The van der Waals surface area contributed by atoms with Crippen LogP contribution in [0.25, 0.3) is 0 Å². The predicted octanol–water partition coefficient (Wildman–Crippen LogP) is 2.11. The van der Waals surface area contributed by atoms with E-state index in [4.69, 9.17) is 0 Å². The van der Waals surface area contributed by atoms with Gasteiger partial charge in [-0.15, -0.1) is 0 Å². The first-order valence-corrected chi connectivity index (χ1v) is 8.31. The molecule has 2 aromatic heterocycles. The quantitative estimate of drug-likeness (QED) is 0.656. The summed E-state index contributed by atoms with van der Waals surface area (Å²) in [7, 11) is 1.75. The van der Waals surface area contributed by atoms with Crippen LogP contribution >= 0.6 is 15.9 Å². The van der Waals surface area contributed by atoms with Crippen LogP contribution in [-0.4, -0.2) is 26.2 Å². The van der Waals surface area contributed by atoms with Crippen LogP contribution in [0, 0.1) is 0 Å². The molecule has 0 atom stereocenters. The molecule has 1 aromatic carbocycles. The number of aromatic nitrogens is 3. The molecule has 0 aliphatic carbocycles. The highest BCUT2D eigenvalue weighted by molar-refractivity contribution is 9.10. The Bertz CT molecular complexity index is 901. The second-order valence-electron chi connectivity index (χ2n) is 5.47. The molecular formula is C17H16BrN5O2. The van der Waals surface area contributed by atoms with E-state index in [0.717, 1.165) is 10.0 Å². The first-order valence-electron chi connectivity index (χ1n) is 7.52. The van der Waals surface area contributed by atoms with Crippen molar-refractivity contribution in [2.45, 2.75) is 6.54 Å². The Hall–Kier alpha value is -2.87. The molecule has 0 fully saturated rings. The average Bonchev–Trinajstić information content (AvgIpc) is 3.19. The molecule has 0 unspecified atom stereocenters. The van der Waals surface area contributed by atoms with Crippen LogP contribution in [0.3, 0.4) is 0 Å². The normalized spacial score (nSPS) is 10.5. The van der Waals surface area contributed by atoms with Crippen molar-refractivity contribution >= 4 is 27.7 Å². The van der Waals surface area contributed by atoms with E-state index >= 15 is 0 Å². The lowest BCUT2D eigenvalue weighted by atomic mass is 10.2. The van der Waals surface area contributed by atoms with Crippen LogP contribution in [0.1, 0.15) is 26.4 Å². The Balaban J connectivity index is 1.58. The zero-order valence-electron chi connectivity index (χ0n) is 13.4. The standard InChI is InChI=1S/C17H16BrN5O2/c1-22-11-14(18)7-15(22)17(25)21-20-16(24)13-8-19-23(10-13)9-12-5-3-2-4-6-12/h2-8,10-11H,9H2,1H3,(H,20,24)(H,21,25). The molecule has 3 rings (SSSR count). The fourth-order valence-corrected chi connectivity index (χ4v) is 2.86. The molecular weight excluding hydrogens is 386 g/mol. The number of carbonyl (C=O) groups is 2. The molecule has 25 heavy (non-hydrogen) atoms. The molecule has 0 aliphatic heterocycles. The summed E-state index contributed by atoms with van der Waals surface area (Å²) in [6.45, 7) is 0.567. The lowest BCUT2D eigenvalue weighted by molar-refractivity contribution is 0.0842. The van der Waals surface area contributed by atoms with Crippen molar-refractivity contribution in [2.75, 3.05) is 0 Å². The summed E-state index contributed by atoms with van der Waals surface area (Å²) in [6.07, 6.45) is 4.85. The van der Waals surface area contributed by atoms with Crippen molar-refractivity contribution in [3.05, 3.63) is 76.3 Å². The summed E-state index contributed by atoms with van der Waals surface area (Å²) in [4.78, 5) is 24.2. The first-order chi connectivity index (χ1) is 12.0. The maximum atomic E-state index is 12.1. The Morgan fingerprint density at radius 3 is 2.52 bits per heavy atom. The maximum absolute atomic E-state index is 12.1. The van der Waals surface area contributed by atoms with Crippen LogP contribution in [0.4, 0.5) is 0 Å². The lowest BCUT2D eigenvalue weighted by Gasteiger charge is -2.06. The van der Waals surface area contributed by atoms with Crippen LogP contribution in [0.15, 0.2) is 59.5 Å². The van der Waals surface area contributed by atoms with Gasteiger partial charge in [0.2, 0.25) is 0 Å². The number of halogens is 1. The Kier molecular flexibility index (Phi) is 4.99. The van der Waals surface area contributed by atoms with E-state index in [-0.39, 0.29) is 0 Å². The third-order valence-electron chi connectivity index (χ3n) is 3.58. The van der Waals surface area contributed by atoms with E-state index in [1.165, 1.54) is 6.20 Å². The fourth-order valence-electron chi connectivity index (χ4n) is 2.34. The SMILES string of the molecule is Cn1cc(Br)cc1C(=O)NNC(=O)c1cnn(Cc2ccccc2)c1. The monoisotopic (exact) mass is 401 g/mol. The highest BCUT2D eigenvalue weighted by Crippen LogP contribution is 2.13. The number of nitrogens with zero attached hydrogens (tertiary/aromatic N) is 3. The number of nitrogens with one attached hydrogen (secondary N) is 2. The smallest absolute Gasteiger partial charge is 0.286 e. The van der Waals surface area contributed by atoms with Gasteiger partial charge in [0.05, 0.1) is 18.3 Å². The Labute approximate surface area is 152 Å². The largest absolute Gasteiger partial charge is 0.345 e. The first kappa shape index (κ1) is 17.0. The Morgan fingerprint density at radius 1 is 1.12 bits per heavy atom. The van der Waals surface area contributed by atoms with Gasteiger partial charge in [0, 0.05) is 23.9 Å². The predicted molar refractivity (Wildman–Crippen MR) is 95.8 cm³/mol. The number of hydrogen-bond acceptors (Lipinski definition) is 3. The van der Waals surface area contributed by atoms with Crippen LogP contribution in [-0.2, 0) is 13.6 Å². The highest BCUT2D eigenvalue weighted by Gasteiger charge is 2.14. The minimum Gasteiger partial charge on any atom is -0.345 e. The van der Waals surface area contributed by atoms with Crippen molar-refractivity contribution in [1.82, 2.24) is 25.2 Å². The van der Waals surface area contributed by atoms with Gasteiger partial charge in [-0.25, -0.2) is 0 Å². The highest BCUT2D eigenvalue weighted by atomic mass is 79.9. The van der Waals surface area contributed by atoms with Crippen molar-refractivity contribution in [2.24, 2.45) is 7.05 Å². The molecule has 2 amide bonds. The fraction of sp³-hybridized carbons (Fsp3) is 0.118. The summed E-state index contributed by atoms with van der Waals surface area (Å²) in [5.74, 6) is -0.834. The molecule has 0 radical (unpaired) electrons. The van der Waals surface area contributed by atoms with E-state index in [1.807, 2.05) is 30.3 Å². The molecule has 0 bridgehead atoms. The number of aryl methyl sites for hydroxylation is 1. The molecule has 2 heterocycles. The van der Waals surface area contributed by atoms with E-state index in [9.17, 15) is 9.59 Å². The molecule has 8 heteroatoms.